The zero-order valence-electron chi connectivity index (χ0n) is 12.2. The second-order valence-corrected chi connectivity index (χ2v) is 4.71. The predicted octanol–water partition coefficient (Wildman–Crippen LogP) is 2.68. The van der Waals surface area contributed by atoms with Gasteiger partial charge < -0.3 is 16.0 Å². The van der Waals surface area contributed by atoms with Gasteiger partial charge in [0.1, 0.15) is 0 Å². The van der Waals surface area contributed by atoms with Crippen molar-refractivity contribution >= 4 is 17.3 Å². The van der Waals surface area contributed by atoms with E-state index in [9.17, 15) is 4.79 Å². The van der Waals surface area contributed by atoms with Gasteiger partial charge in [-0.2, -0.15) is 5.26 Å². The van der Waals surface area contributed by atoms with Crippen LogP contribution in [0.3, 0.4) is 0 Å². The van der Waals surface area contributed by atoms with E-state index in [4.69, 9.17) is 11.0 Å². The second-order valence-electron chi connectivity index (χ2n) is 4.71. The van der Waals surface area contributed by atoms with Gasteiger partial charge >= 0.3 is 0 Å². The molecule has 0 aliphatic carbocycles. The van der Waals surface area contributed by atoms with Crippen LogP contribution in [0.5, 0.6) is 0 Å². The molecule has 2 rings (SSSR count). The van der Waals surface area contributed by atoms with E-state index in [0.717, 1.165) is 0 Å². The van der Waals surface area contributed by atoms with Crippen molar-refractivity contribution in [3.63, 3.8) is 0 Å². The van der Waals surface area contributed by atoms with E-state index in [1.165, 1.54) is 0 Å². The molecule has 0 aromatic heterocycles. The molecule has 2 aromatic carbocycles. The highest BCUT2D eigenvalue weighted by atomic mass is 16.1. The Balaban J connectivity index is 2.26. The molecule has 0 saturated carbocycles. The summed E-state index contributed by atoms with van der Waals surface area (Å²) >= 11 is 0. The van der Waals surface area contributed by atoms with Crippen LogP contribution in [0.25, 0.3) is 0 Å². The molecule has 2 aromatic rings. The van der Waals surface area contributed by atoms with Gasteiger partial charge in [-0.05, 0) is 36.4 Å². The van der Waals surface area contributed by atoms with Gasteiger partial charge in [-0.1, -0.05) is 18.7 Å². The number of nitrogens with zero attached hydrogens (tertiary/aromatic N) is 2. The Kier molecular flexibility index (Phi) is 4.44. The van der Waals surface area contributed by atoms with Crippen molar-refractivity contribution in [1.29, 1.82) is 5.26 Å². The number of nitrogens with one attached hydrogen (secondary N) is 1. The molecule has 0 fully saturated rings. The Labute approximate surface area is 129 Å². The van der Waals surface area contributed by atoms with E-state index >= 15 is 0 Å². The fourth-order valence-electron chi connectivity index (χ4n) is 1.94. The minimum absolute atomic E-state index is 0.256. The monoisotopic (exact) mass is 292 g/mol. The van der Waals surface area contributed by atoms with E-state index in [2.05, 4.69) is 11.9 Å². The highest BCUT2D eigenvalue weighted by Gasteiger charge is 2.14. The summed E-state index contributed by atoms with van der Waals surface area (Å²) in [5.74, 6) is 0.0898. The van der Waals surface area contributed by atoms with E-state index in [-0.39, 0.29) is 5.91 Å². The van der Waals surface area contributed by atoms with Gasteiger partial charge in [-0.3, -0.25) is 4.79 Å². The summed E-state index contributed by atoms with van der Waals surface area (Å²) in [5.41, 5.74) is 8.00. The number of amides is 1. The lowest BCUT2D eigenvalue weighted by atomic mass is 10.1. The number of anilines is 2. The highest BCUT2D eigenvalue weighted by molar-refractivity contribution is 6.08. The Morgan fingerprint density at radius 3 is 2.45 bits per heavy atom. The SMILES string of the molecule is C=C(N)N(C)c1ccccc1C(=O)Nc1ccc(C#N)cc1. The lowest BCUT2D eigenvalue weighted by molar-refractivity contribution is 0.102. The third-order valence-electron chi connectivity index (χ3n) is 3.21. The molecule has 0 aliphatic rings. The van der Waals surface area contributed by atoms with E-state index in [1.807, 2.05) is 12.1 Å². The molecule has 0 unspecified atom stereocenters. The number of nitrogens with two attached hydrogens (primary N) is 1. The lowest BCUT2D eigenvalue weighted by Crippen LogP contribution is -2.25. The first-order valence-electron chi connectivity index (χ1n) is 6.61. The molecular weight excluding hydrogens is 276 g/mol. The average Bonchev–Trinajstić information content (AvgIpc) is 2.54. The standard InChI is InChI=1S/C17H16N4O/c1-12(19)21(2)16-6-4-3-5-15(16)17(22)20-14-9-7-13(11-18)8-10-14/h3-10H,1,19H2,2H3,(H,20,22). The van der Waals surface area contributed by atoms with E-state index in [1.54, 1.807) is 54.4 Å². The molecule has 0 atom stereocenters. The highest BCUT2D eigenvalue weighted by Crippen LogP contribution is 2.22. The van der Waals surface area contributed by atoms with Crippen LogP contribution in [-0.2, 0) is 0 Å². The molecule has 0 aliphatic heterocycles. The fraction of sp³-hybridized carbons (Fsp3) is 0.0588. The number of hydrogen-bond acceptors (Lipinski definition) is 4. The summed E-state index contributed by atoms with van der Waals surface area (Å²) in [6.07, 6.45) is 0. The van der Waals surface area contributed by atoms with Crippen LogP contribution in [0.4, 0.5) is 11.4 Å². The van der Waals surface area contributed by atoms with Crippen molar-refractivity contribution < 1.29 is 4.79 Å². The quantitative estimate of drug-likeness (QED) is 0.907. The van der Waals surface area contributed by atoms with Gasteiger partial charge in [0.15, 0.2) is 0 Å². The van der Waals surface area contributed by atoms with Crippen molar-refractivity contribution in [1.82, 2.24) is 0 Å². The smallest absolute Gasteiger partial charge is 0.257 e. The molecular formula is C17H16N4O. The number of carbonyl (C=O) groups is 1. The summed E-state index contributed by atoms with van der Waals surface area (Å²) in [7, 11) is 1.75. The van der Waals surface area contributed by atoms with Crippen LogP contribution in [0.2, 0.25) is 0 Å². The van der Waals surface area contributed by atoms with Gasteiger partial charge in [0.2, 0.25) is 0 Å². The van der Waals surface area contributed by atoms with Gasteiger partial charge in [-0.25, -0.2) is 0 Å². The summed E-state index contributed by atoms with van der Waals surface area (Å²) in [5, 5.41) is 11.6. The minimum Gasteiger partial charge on any atom is -0.386 e. The maximum Gasteiger partial charge on any atom is 0.257 e. The Morgan fingerprint density at radius 1 is 1.23 bits per heavy atom. The lowest BCUT2D eigenvalue weighted by Gasteiger charge is -2.21. The first-order valence-corrected chi connectivity index (χ1v) is 6.61. The third-order valence-corrected chi connectivity index (χ3v) is 3.21. The molecule has 5 nitrogen and oxygen atoms in total. The Morgan fingerprint density at radius 2 is 1.86 bits per heavy atom. The molecule has 3 N–H and O–H groups in total. The molecule has 0 bridgehead atoms. The van der Waals surface area contributed by atoms with Gasteiger partial charge in [0.05, 0.1) is 28.7 Å². The molecule has 0 heterocycles. The van der Waals surface area contributed by atoms with Crippen molar-refractivity contribution in [2.24, 2.45) is 5.73 Å². The van der Waals surface area contributed by atoms with Gasteiger partial charge in [-0.15, -0.1) is 0 Å². The number of carbonyl (C=O) groups excluding carboxylic acids is 1. The summed E-state index contributed by atoms with van der Waals surface area (Å²) in [6, 6.07) is 15.8. The van der Waals surface area contributed by atoms with Gasteiger partial charge in [0, 0.05) is 12.7 Å². The maximum atomic E-state index is 12.4. The fourth-order valence-corrected chi connectivity index (χ4v) is 1.94. The number of nitriles is 1. The average molecular weight is 292 g/mol. The van der Waals surface area contributed by atoms with Crippen molar-refractivity contribution in [2.75, 3.05) is 17.3 Å². The second kappa shape index (κ2) is 6.46. The van der Waals surface area contributed by atoms with E-state index in [0.29, 0.717) is 28.3 Å². The predicted molar refractivity (Wildman–Crippen MR) is 87.3 cm³/mol. The van der Waals surface area contributed by atoms with Crippen LogP contribution >= 0.6 is 0 Å². The minimum atomic E-state index is -0.256. The van der Waals surface area contributed by atoms with Crippen LogP contribution in [0.1, 0.15) is 15.9 Å². The Hall–Kier alpha value is -3.26. The van der Waals surface area contributed by atoms with Gasteiger partial charge in [0.25, 0.3) is 5.91 Å². The molecule has 110 valence electrons. The first-order chi connectivity index (χ1) is 10.5. The molecule has 0 radical (unpaired) electrons. The summed E-state index contributed by atoms with van der Waals surface area (Å²) < 4.78 is 0. The maximum absolute atomic E-state index is 12.4. The summed E-state index contributed by atoms with van der Waals surface area (Å²) in [4.78, 5) is 14.1. The Bertz CT molecular complexity index is 744. The zero-order valence-corrected chi connectivity index (χ0v) is 12.2. The largest absolute Gasteiger partial charge is 0.386 e. The van der Waals surface area contributed by atoms with Crippen LogP contribution in [0, 0.1) is 11.3 Å². The molecule has 5 heteroatoms. The third kappa shape index (κ3) is 3.25. The van der Waals surface area contributed by atoms with Crippen LogP contribution in [-0.4, -0.2) is 13.0 Å². The topological polar surface area (TPSA) is 82.2 Å². The number of benzene rings is 2. The number of hydrogen-bond donors (Lipinski definition) is 2. The van der Waals surface area contributed by atoms with Crippen molar-refractivity contribution in [3.8, 4) is 6.07 Å². The van der Waals surface area contributed by atoms with Crippen LogP contribution in [0.15, 0.2) is 60.9 Å². The number of rotatable bonds is 4. The van der Waals surface area contributed by atoms with Crippen molar-refractivity contribution in [2.45, 2.75) is 0 Å². The number of para-hydroxylation sites is 1. The zero-order chi connectivity index (χ0) is 16.1. The molecule has 0 spiro atoms. The summed E-state index contributed by atoms with van der Waals surface area (Å²) in [6.45, 7) is 3.68. The first kappa shape index (κ1) is 15.1. The molecule has 1 amide bonds. The van der Waals surface area contributed by atoms with Crippen molar-refractivity contribution in [3.05, 3.63) is 72.1 Å². The van der Waals surface area contributed by atoms with Crippen LogP contribution < -0.4 is 16.0 Å². The molecule has 22 heavy (non-hydrogen) atoms. The molecule has 0 saturated heterocycles. The normalized spacial score (nSPS) is 9.64. The van der Waals surface area contributed by atoms with E-state index < -0.39 is 0 Å².